The van der Waals surface area contributed by atoms with Crippen LogP contribution >= 0.6 is 0 Å². The first-order valence-corrected chi connectivity index (χ1v) is 6.52. The van der Waals surface area contributed by atoms with Crippen LogP contribution in [0.25, 0.3) is 0 Å². The lowest BCUT2D eigenvalue weighted by Crippen LogP contribution is -2.11. The lowest BCUT2D eigenvalue weighted by molar-refractivity contribution is 0.102. The molecule has 2 aromatic carbocycles. The number of hydrogen-bond donors (Lipinski definition) is 2. The highest BCUT2D eigenvalue weighted by Gasteiger charge is 2.06. The van der Waals surface area contributed by atoms with Gasteiger partial charge in [0.25, 0.3) is 5.91 Å². The maximum Gasteiger partial charge on any atom is 0.255 e. The van der Waals surface area contributed by atoms with Crippen LogP contribution in [0.5, 0.6) is 11.5 Å². The van der Waals surface area contributed by atoms with E-state index in [4.69, 9.17) is 4.74 Å². The maximum absolute atomic E-state index is 12.1. The lowest BCUT2D eigenvalue weighted by atomic mass is 10.2. The van der Waals surface area contributed by atoms with Crippen LogP contribution in [0.15, 0.2) is 60.7 Å². The van der Waals surface area contributed by atoms with Crippen molar-refractivity contribution in [2.75, 3.05) is 11.9 Å². The number of carbonyl (C=O) groups excluding carboxylic acids is 1. The molecule has 0 spiro atoms. The van der Waals surface area contributed by atoms with Gasteiger partial charge in [0.15, 0.2) is 0 Å². The van der Waals surface area contributed by atoms with Gasteiger partial charge in [-0.15, -0.1) is 0 Å². The van der Waals surface area contributed by atoms with Crippen LogP contribution in [0, 0.1) is 0 Å². The van der Waals surface area contributed by atoms with Gasteiger partial charge >= 0.3 is 0 Å². The number of anilines is 1. The molecule has 0 aliphatic rings. The predicted molar refractivity (Wildman–Crippen MR) is 82.8 cm³/mol. The van der Waals surface area contributed by atoms with Crippen molar-refractivity contribution in [3.63, 3.8) is 0 Å². The number of amides is 1. The molecule has 0 aliphatic heterocycles. The van der Waals surface area contributed by atoms with Gasteiger partial charge < -0.3 is 15.2 Å². The summed E-state index contributed by atoms with van der Waals surface area (Å²) < 4.78 is 5.47. The molecule has 0 saturated heterocycles. The first kappa shape index (κ1) is 14.7. The van der Waals surface area contributed by atoms with Crippen molar-refractivity contribution in [2.45, 2.75) is 6.92 Å². The summed E-state index contributed by atoms with van der Waals surface area (Å²) in [5.41, 5.74) is 1.99. The van der Waals surface area contributed by atoms with Gasteiger partial charge in [0, 0.05) is 17.3 Å². The van der Waals surface area contributed by atoms with E-state index in [2.05, 4.69) is 11.9 Å². The summed E-state index contributed by atoms with van der Waals surface area (Å²) in [7, 11) is 0. The van der Waals surface area contributed by atoms with Crippen LogP contribution in [0.3, 0.4) is 0 Å². The van der Waals surface area contributed by atoms with E-state index in [1.165, 1.54) is 6.07 Å². The van der Waals surface area contributed by atoms with Crippen molar-refractivity contribution in [3.8, 4) is 11.5 Å². The Bertz CT molecular complexity index is 647. The van der Waals surface area contributed by atoms with Crippen molar-refractivity contribution in [2.24, 2.45) is 0 Å². The molecular formula is C17H17NO3. The van der Waals surface area contributed by atoms with E-state index >= 15 is 0 Å². The number of carbonyl (C=O) groups is 1. The molecule has 0 saturated carbocycles. The largest absolute Gasteiger partial charge is 0.508 e. The van der Waals surface area contributed by atoms with Gasteiger partial charge in [-0.2, -0.15) is 0 Å². The number of aromatic hydroxyl groups is 1. The average Bonchev–Trinajstić information content (AvgIpc) is 2.45. The second-order valence-corrected chi connectivity index (χ2v) is 4.77. The molecule has 4 heteroatoms. The molecule has 108 valence electrons. The fourth-order valence-electron chi connectivity index (χ4n) is 1.70. The third kappa shape index (κ3) is 4.38. The fraction of sp³-hybridized carbons (Fsp3) is 0.118. The van der Waals surface area contributed by atoms with Crippen molar-refractivity contribution < 1.29 is 14.6 Å². The molecule has 2 N–H and O–H groups in total. The molecular weight excluding hydrogens is 266 g/mol. The summed E-state index contributed by atoms with van der Waals surface area (Å²) in [5, 5.41) is 12.1. The first-order valence-electron chi connectivity index (χ1n) is 6.52. The minimum absolute atomic E-state index is 0.108. The van der Waals surface area contributed by atoms with Gasteiger partial charge in [0.05, 0.1) is 0 Å². The summed E-state index contributed by atoms with van der Waals surface area (Å²) in [6.45, 7) is 6.10. The van der Waals surface area contributed by atoms with E-state index in [-0.39, 0.29) is 11.7 Å². The van der Waals surface area contributed by atoms with Crippen molar-refractivity contribution in [1.82, 2.24) is 0 Å². The highest BCUT2D eigenvalue weighted by atomic mass is 16.5. The standard InChI is InChI=1S/C17H17NO3/c1-12(2)11-21-16-8-6-13(7-9-16)17(20)18-14-4-3-5-15(19)10-14/h3-10,19H,1,11H2,2H3,(H,18,20). The predicted octanol–water partition coefficient (Wildman–Crippen LogP) is 3.60. The minimum Gasteiger partial charge on any atom is -0.508 e. The van der Waals surface area contributed by atoms with Crippen LogP contribution in [0.2, 0.25) is 0 Å². The number of rotatable bonds is 5. The zero-order valence-corrected chi connectivity index (χ0v) is 11.8. The molecule has 0 unspecified atom stereocenters. The third-order valence-corrected chi connectivity index (χ3v) is 2.71. The van der Waals surface area contributed by atoms with Crippen molar-refractivity contribution in [3.05, 3.63) is 66.2 Å². The van der Waals surface area contributed by atoms with Gasteiger partial charge in [-0.1, -0.05) is 12.6 Å². The smallest absolute Gasteiger partial charge is 0.255 e. The van der Waals surface area contributed by atoms with Crippen LogP contribution in [-0.2, 0) is 0 Å². The Hall–Kier alpha value is -2.75. The SMILES string of the molecule is C=C(C)COc1ccc(C(=O)Nc2cccc(O)c2)cc1. The Kier molecular flexibility index (Phi) is 4.61. The molecule has 0 fully saturated rings. The summed E-state index contributed by atoms with van der Waals surface area (Å²) in [6.07, 6.45) is 0. The second kappa shape index (κ2) is 6.61. The number of benzene rings is 2. The molecule has 2 aromatic rings. The third-order valence-electron chi connectivity index (χ3n) is 2.71. The zero-order valence-electron chi connectivity index (χ0n) is 11.8. The topological polar surface area (TPSA) is 58.6 Å². The number of hydrogen-bond acceptors (Lipinski definition) is 3. The fourth-order valence-corrected chi connectivity index (χ4v) is 1.70. The minimum atomic E-state index is -0.243. The summed E-state index contributed by atoms with van der Waals surface area (Å²) >= 11 is 0. The molecule has 2 rings (SSSR count). The molecule has 0 heterocycles. The van der Waals surface area contributed by atoms with Gasteiger partial charge in [0.1, 0.15) is 18.1 Å². The number of nitrogens with one attached hydrogen (secondary N) is 1. The number of phenols is 1. The Morgan fingerprint density at radius 2 is 1.95 bits per heavy atom. The van der Waals surface area contributed by atoms with Gasteiger partial charge in [-0.05, 0) is 48.9 Å². The number of phenolic OH excluding ortho intramolecular Hbond substituents is 1. The van der Waals surface area contributed by atoms with E-state index in [0.29, 0.717) is 23.6 Å². The van der Waals surface area contributed by atoms with Crippen LogP contribution in [0.4, 0.5) is 5.69 Å². The van der Waals surface area contributed by atoms with Crippen molar-refractivity contribution in [1.29, 1.82) is 0 Å². The second-order valence-electron chi connectivity index (χ2n) is 4.77. The molecule has 0 aliphatic carbocycles. The average molecular weight is 283 g/mol. The molecule has 0 atom stereocenters. The first-order chi connectivity index (χ1) is 10.0. The Morgan fingerprint density at radius 3 is 2.57 bits per heavy atom. The lowest BCUT2D eigenvalue weighted by Gasteiger charge is -2.08. The quantitative estimate of drug-likeness (QED) is 0.824. The summed E-state index contributed by atoms with van der Waals surface area (Å²) in [4.78, 5) is 12.1. The molecule has 0 bridgehead atoms. The van der Waals surface area contributed by atoms with E-state index in [0.717, 1.165) is 5.57 Å². The highest BCUT2D eigenvalue weighted by molar-refractivity contribution is 6.04. The van der Waals surface area contributed by atoms with E-state index < -0.39 is 0 Å². The molecule has 21 heavy (non-hydrogen) atoms. The Balaban J connectivity index is 2.01. The molecule has 4 nitrogen and oxygen atoms in total. The molecule has 1 amide bonds. The van der Waals surface area contributed by atoms with E-state index in [1.807, 2.05) is 6.92 Å². The Labute approximate surface area is 123 Å². The number of ether oxygens (including phenoxy) is 1. The van der Waals surface area contributed by atoms with Crippen LogP contribution in [0.1, 0.15) is 17.3 Å². The summed E-state index contributed by atoms with van der Waals surface area (Å²) in [6, 6.07) is 13.3. The molecule has 0 radical (unpaired) electrons. The Morgan fingerprint density at radius 1 is 1.24 bits per heavy atom. The van der Waals surface area contributed by atoms with Crippen LogP contribution in [-0.4, -0.2) is 17.6 Å². The van der Waals surface area contributed by atoms with Gasteiger partial charge in [0.2, 0.25) is 0 Å². The van der Waals surface area contributed by atoms with E-state index in [9.17, 15) is 9.90 Å². The normalized spacial score (nSPS) is 9.95. The van der Waals surface area contributed by atoms with E-state index in [1.54, 1.807) is 42.5 Å². The highest BCUT2D eigenvalue weighted by Crippen LogP contribution is 2.17. The van der Waals surface area contributed by atoms with Crippen molar-refractivity contribution >= 4 is 11.6 Å². The summed E-state index contributed by atoms with van der Waals surface area (Å²) in [5.74, 6) is 0.551. The van der Waals surface area contributed by atoms with Crippen LogP contribution < -0.4 is 10.1 Å². The van der Waals surface area contributed by atoms with Gasteiger partial charge in [-0.3, -0.25) is 4.79 Å². The maximum atomic E-state index is 12.1. The van der Waals surface area contributed by atoms with Gasteiger partial charge in [-0.25, -0.2) is 0 Å². The monoisotopic (exact) mass is 283 g/mol. The zero-order chi connectivity index (χ0) is 15.2. The molecule has 0 aromatic heterocycles.